The molecule has 110 valence electrons. The predicted molar refractivity (Wildman–Crippen MR) is 75.0 cm³/mol. The molecule has 4 nitrogen and oxygen atoms in total. The average Bonchev–Trinajstić information content (AvgIpc) is 2.39. The monoisotopic (exact) mass is 283 g/mol. The molecule has 1 unspecified atom stereocenters. The number of benzene rings is 1. The van der Waals surface area contributed by atoms with Crippen molar-refractivity contribution in [2.75, 3.05) is 37.4 Å². The van der Waals surface area contributed by atoms with Crippen molar-refractivity contribution in [1.29, 1.82) is 0 Å². The van der Waals surface area contributed by atoms with Crippen molar-refractivity contribution in [1.82, 2.24) is 4.90 Å². The van der Waals surface area contributed by atoms with Crippen LogP contribution in [0.3, 0.4) is 0 Å². The van der Waals surface area contributed by atoms with Gasteiger partial charge in [-0.3, -0.25) is 4.79 Å². The fraction of sp³-hybridized carbons (Fsp3) is 0.500. The van der Waals surface area contributed by atoms with Crippen LogP contribution in [0.25, 0.3) is 0 Å². The summed E-state index contributed by atoms with van der Waals surface area (Å²) in [6.45, 7) is 2.98. The maximum absolute atomic E-state index is 13.4. The number of amides is 1. The van der Waals surface area contributed by atoms with Crippen LogP contribution in [-0.2, 0) is 4.79 Å². The van der Waals surface area contributed by atoms with Gasteiger partial charge in [0.2, 0.25) is 5.91 Å². The van der Waals surface area contributed by atoms with Crippen molar-refractivity contribution in [3.05, 3.63) is 23.8 Å². The molecule has 0 saturated carbocycles. The highest BCUT2D eigenvalue weighted by Gasteiger charge is 2.32. The zero-order valence-electron chi connectivity index (χ0n) is 11.9. The molecule has 0 saturated heterocycles. The van der Waals surface area contributed by atoms with Crippen LogP contribution in [0.2, 0.25) is 0 Å². The van der Waals surface area contributed by atoms with Crippen LogP contribution in [0, 0.1) is 11.6 Å². The zero-order valence-corrected chi connectivity index (χ0v) is 11.9. The van der Waals surface area contributed by atoms with Crippen LogP contribution in [0.1, 0.15) is 13.3 Å². The standard InChI is InChI=1S/C14H19F2N3O/c1-4-11-14(20)19(6-5-18(2)3)13-8-10(16)9(15)7-12(13)17-11/h7-8,11,17H,4-6H2,1-3H3. The van der Waals surface area contributed by atoms with E-state index in [2.05, 4.69) is 5.32 Å². The van der Waals surface area contributed by atoms with Gasteiger partial charge in [-0.1, -0.05) is 6.92 Å². The fourth-order valence-electron chi connectivity index (χ4n) is 2.24. The first kappa shape index (κ1) is 14.7. The van der Waals surface area contributed by atoms with E-state index in [0.29, 0.717) is 30.9 Å². The Morgan fingerprint density at radius 2 is 1.95 bits per heavy atom. The van der Waals surface area contributed by atoms with Gasteiger partial charge in [-0.25, -0.2) is 8.78 Å². The topological polar surface area (TPSA) is 35.6 Å². The second kappa shape index (κ2) is 5.75. The SMILES string of the molecule is CCC1Nc2cc(F)c(F)cc2N(CCN(C)C)C1=O. The molecule has 1 aromatic carbocycles. The Labute approximate surface area is 117 Å². The molecule has 1 heterocycles. The highest BCUT2D eigenvalue weighted by molar-refractivity contribution is 6.04. The minimum atomic E-state index is -0.942. The molecule has 0 bridgehead atoms. The lowest BCUT2D eigenvalue weighted by molar-refractivity contribution is -0.119. The molecule has 0 radical (unpaired) electrons. The quantitative estimate of drug-likeness (QED) is 0.919. The van der Waals surface area contributed by atoms with E-state index in [9.17, 15) is 13.6 Å². The number of carbonyl (C=O) groups is 1. The highest BCUT2D eigenvalue weighted by atomic mass is 19.2. The molecule has 6 heteroatoms. The molecule has 1 aliphatic heterocycles. The van der Waals surface area contributed by atoms with Crippen molar-refractivity contribution in [2.24, 2.45) is 0 Å². The smallest absolute Gasteiger partial charge is 0.249 e. The molecule has 1 aromatic rings. The predicted octanol–water partition coefficient (Wildman–Crippen LogP) is 2.06. The van der Waals surface area contributed by atoms with Gasteiger partial charge in [-0.15, -0.1) is 0 Å². The molecule has 1 atom stereocenters. The Hall–Kier alpha value is -1.69. The van der Waals surface area contributed by atoms with E-state index in [-0.39, 0.29) is 5.91 Å². The molecule has 1 aliphatic rings. The summed E-state index contributed by atoms with van der Waals surface area (Å²) in [5.74, 6) is -1.95. The molecule has 1 N–H and O–H groups in total. The third-order valence-electron chi connectivity index (χ3n) is 3.40. The van der Waals surface area contributed by atoms with Crippen molar-refractivity contribution in [2.45, 2.75) is 19.4 Å². The Bertz CT molecular complexity index is 519. The van der Waals surface area contributed by atoms with Crippen LogP contribution in [0.15, 0.2) is 12.1 Å². The maximum Gasteiger partial charge on any atom is 0.249 e. The number of hydrogen-bond donors (Lipinski definition) is 1. The number of rotatable bonds is 4. The normalized spacial score (nSPS) is 18.2. The minimum absolute atomic E-state index is 0.104. The van der Waals surface area contributed by atoms with E-state index in [1.807, 2.05) is 25.9 Å². The average molecular weight is 283 g/mol. The lowest BCUT2D eigenvalue weighted by atomic mass is 10.1. The first-order valence-corrected chi connectivity index (χ1v) is 6.65. The number of nitrogens with zero attached hydrogens (tertiary/aromatic N) is 2. The van der Waals surface area contributed by atoms with E-state index in [4.69, 9.17) is 0 Å². The molecule has 0 spiro atoms. The number of halogens is 2. The minimum Gasteiger partial charge on any atom is -0.372 e. The van der Waals surface area contributed by atoms with Gasteiger partial charge in [0.1, 0.15) is 6.04 Å². The second-order valence-corrected chi connectivity index (χ2v) is 5.18. The van der Waals surface area contributed by atoms with Gasteiger partial charge in [0.25, 0.3) is 0 Å². The maximum atomic E-state index is 13.4. The first-order chi connectivity index (χ1) is 9.43. The fourth-order valence-corrected chi connectivity index (χ4v) is 2.24. The van der Waals surface area contributed by atoms with E-state index < -0.39 is 17.7 Å². The van der Waals surface area contributed by atoms with Gasteiger partial charge < -0.3 is 15.1 Å². The van der Waals surface area contributed by atoms with Crippen LogP contribution < -0.4 is 10.2 Å². The lowest BCUT2D eigenvalue weighted by Gasteiger charge is -2.35. The van der Waals surface area contributed by atoms with Crippen LogP contribution >= 0.6 is 0 Å². The van der Waals surface area contributed by atoms with Crippen molar-refractivity contribution >= 4 is 17.3 Å². The summed E-state index contributed by atoms with van der Waals surface area (Å²) in [5, 5.41) is 2.97. The van der Waals surface area contributed by atoms with E-state index in [1.54, 1.807) is 0 Å². The summed E-state index contributed by atoms with van der Waals surface area (Å²) in [7, 11) is 3.80. The molecule has 1 amide bonds. The number of hydrogen-bond acceptors (Lipinski definition) is 3. The van der Waals surface area contributed by atoms with E-state index in [1.165, 1.54) is 4.90 Å². The third-order valence-corrected chi connectivity index (χ3v) is 3.40. The van der Waals surface area contributed by atoms with Crippen LogP contribution in [0.5, 0.6) is 0 Å². The molecule has 0 aromatic heterocycles. The largest absolute Gasteiger partial charge is 0.372 e. The third kappa shape index (κ3) is 2.75. The van der Waals surface area contributed by atoms with Crippen molar-refractivity contribution < 1.29 is 13.6 Å². The Morgan fingerprint density at radius 1 is 1.30 bits per heavy atom. The zero-order chi connectivity index (χ0) is 14.9. The Balaban J connectivity index is 2.38. The summed E-state index contributed by atoms with van der Waals surface area (Å²) in [5.41, 5.74) is 0.870. The van der Waals surface area contributed by atoms with Gasteiger partial charge in [-0.2, -0.15) is 0 Å². The molecular weight excluding hydrogens is 264 g/mol. The van der Waals surface area contributed by atoms with E-state index >= 15 is 0 Å². The highest BCUT2D eigenvalue weighted by Crippen LogP contribution is 2.34. The molecule has 20 heavy (non-hydrogen) atoms. The number of carbonyl (C=O) groups excluding carboxylic acids is 1. The number of fused-ring (bicyclic) bond motifs is 1. The molecule has 0 aliphatic carbocycles. The van der Waals surface area contributed by atoms with Gasteiger partial charge in [0.05, 0.1) is 11.4 Å². The number of likely N-dealkylation sites (N-methyl/N-ethyl adjacent to an activating group) is 1. The number of nitrogens with one attached hydrogen (secondary N) is 1. The molecule has 2 rings (SSSR count). The molecular formula is C14H19F2N3O. The summed E-state index contributed by atoms with van der Waals surface area (Å²) in [6.07, 6.45) is 0.593. The van der Waals surface area contributed by atoms with Crippen molar-refractivity contribution in [3.8, 4) is 0 Å². The van der Waals surface area contributed by atoms with Gasteiger partial charge >= 0.3 is 0 Å². The first-order valence-electron chi connectivity index (χ1n) is 6.65. The molecule has 0 fully saturated rings. The van der Waals surface area contributed by atoms with Gasteiger partial charge in [0.15, 0.2) is 11.6 Å². The lowest BCUT2D eigenvalue weighted by Crippen LogP contribution is -2.49. The Kier molecular flexibility index (Phi) is 4.23. The summed E-state index contributed by atoms with van der Waals surface area (Å²) < 4.78 is 26.8. The van der Waals surface area contributed by atoms with E-state index in [0.717, 1.165) is 12.1 Å². The van der Waals surface area contributed by atoms with Gasteiger partial charge in [0, 0.05) is 25.2 Å². The second-order valence-electron chi connectivity index (χ2n) is 5.18. The van der Waals surface area contributed by atoms with Crippen LogP contribution in [0.4, 0.5) is 20.2 Å². The number of anilines is 2. The van der Waals surface area contributed by atoms with Crippen LogP contribution in [-0.4, -0.2) is 44.0 Å². The summed E-state index contributed by atoms with van der Waals surface area (Å²) in [4.78, 5) is 15.8. The Morgan fingerprint density at radius 3 is 2.55 bits per heavy atom. The van der Waals surface area contributed by atoms with Crippen molar-refractivity contribution in [3.63, 3.8) is 0 Å². The summed E-state index contributed by atoms with van der Waals surface area (Å²) >= 11 is 0. The van der Waals surface area contributed by atoms with Gasteiger partial charge in [-0.05, 0) is 20.5 Å². The summed E-state index contributed by atoms with van der Waals surface area (Å²) in [6, 6.07) is 1.80.